The van der Waals surface area contributed by atoms with Crippen LogP contribution in [-0.2, 0) is 9.53 Å². The quantitative estimate of drug-likeness (QED) is 0.858. The molecule has 0 aromatic heterocycles. The number of ether oxygens (including phenoxy) is 1. The molecule has 3 rings (SSSR count). The molecule has 1 amide bonds. The van der Waals surface area contributed by atoms with E-state index in [1.165, 1.54) is 24.1 Å². The molecule has 5 heteroatoms. The molecule has 0 radical (unpaired) electrons. The van der Waals surface area contributed by atoms with Crippen molar-refractivity contribution in [3.8, 4) is 0 Å². The van der Waals surface area contributed by atoms with Crippen molar-refractivity contribution in [2.75, 3.05) is 50.8 Å². The number of hydrogen-bond donors (Lipinski definition) is 1. The highest BCUT2D eigenvalue weighted by molar-refractivity contribution is 5.78. The van der Waals surface area contributed by atoms with Crippen molar-refractivity contribution in [2.45, 2.75) is 38.7 Å². The molecule has 2 heterocycles. The van der Waals surface area contributed by atoms with Crippen molar-refractivity contribution in [1.29, 1.82) is 0 Å². The monoisotopic (exact) mass is 345 g/mol. The molecule has 25 heavy (non-hydrogen) atoms. The molecule has 2 fully saturated rings. The Hall–Kier alpha value is -1.59. The highest BCUT2D eigenvalue weighted by Crippen LogP contribution is 2.18. The molecule has 1 N–H and O–H groups in total. The number of amides is 1. The fourth-order valence-electron chi connectivity index (χ4n) is 3.66. The van der Waals surface area contributed by atoms with Gasteiger partial charge in [0.2, 0.25) is 5.91 Å². The lowest BCUT2D eigenvalue weighted by atomic mass is 10.1. The van der Waals surface area contributed by atoms with Gasteiger partial charge in [0.1, 0.15) is 0 Å². The first-order valence-corrected chi connectivity index (χ1v) is 9.63. The molecule has 1 atom stereocenters. The van der Waals surface area contributed by atoms with Crippen LogP contribution in [0.1, 0.15) is 31.2 Å². The van der Waals surface area contributed by atoms with Crippen molar-refractivity contribution in [1.82, 2.24) is 10.2 Å². The van der Waals surface area contributed by atoms with Gasteiger partial charge >= 0.3 is 0 Å². The average Bonchev–Trinajstić information content (AvgIpc) is 2.63. The van der Waals surface area contributed by atoms with Crippen LogP contribution in [0.15, 0.2) is 24.3 Å². The summed E-state index contributed by atoms with van der Waals surface area (Å²) in [6.07, 6.45) is 4.84. The number of hydrogen-bond acceptors (Lipinski definition) is 4. The van der Waals surface area contributed by atoms with Crippen LogP contribution in [0.4, 0.5) is 5.69 Å². The summed E-state index contributed by atoms with van der Waals surface area (Å²) in [6.45, 7) is 8.08. The number of carbonyl (C=O) groups excluding carboxylic acids is 1. The smallest absolute Gasteiger partial charge is 0.234 e. The maximum Gasteiger partial charge on any atom is 0.234 e. The minimum absolute atomic E-state index is 0.139. The van der Waals surface area contributed by atoms with Gasteiger partial charge in [0.25, 0.3) is 0 Å². The maximum atomic E-state index is 12.1. The molecular weight excluding hydrogens is 314 g/mol. The molecule has 0 unspecified atom stereocenters. The van der Waals surface area contributed by atoms with E-state index in [0.29, 0.717) is 12.6 Å². The highest BCUT2D eigenvalue weighted by atomic mass is 16.5. The molecule has 1 aromatic rings. The largest absolute Gasteiger partial charge is 0.378 e. The van der Waals surface area contributed by atoms with Gasteiger partial charge in [-0.1, -0.05) is 12.1 Å². The molecule has 2 saturated heterocycles. The summed E-state index contributed by atoms with van der Waals surface area (Å²) in [7, 11) is 0. The van der Waals surface area contributed by atoms with Gasteiger partial charge in [-0.2, -0.15) is 0 Å². The Labute approximate surface area is 151 Å². The Kier molecular flexibility index (Phi) is 6.70. The predicted molar refractivity (Wildman–Crippen MR) is 101 cm³/mol. The molecule has 2 aliphatic heterocycles. The Morgan fingerprint density at radius 2 is 2.08 bits per heavy atom. The molecule has 1 aromatic carbocycles. The zero-order chi connectivity index (χ0) is 17.5. The third-order valence-electron chi connectivity index (χ3n) is 5.17. The van der Waals surface area contributed by atoms with Crippen LogP contribution in [0.2, 0.25) is 0 Å². The van der Waals surface area contributed by atoms with Crippen molar-refractivity contribution in [3.63, 3.8) is 0 Å². The summed E-state index contributed by atoms with van der Waals surface area (Å²) in [5, 5.41) is 3.05. The van der Waals surface area contributed by atoms with Gasteiger partial charge < -0.3 is 15.0 Å². The Morgan fingerprint density at radius 3 is 2.80 bits per heavy atom. The normalized spacial score (nSPS) is 22.0. The van der Waals surface area contributed by atoms with E-state index in [1.807, 2.05) is 0 Å². The van der Waals surface area contributed by atoms with Crippen LogP contribution >= 0.6 is 0 Å². The summed E-state index contributed by atoms with van der Waals surface area (Å²) in [4.78, 5) is 16.8. The van der Waals surface area contributed by atoms with Crippen molar-refractivity contribution in [2.24, 2.45) is 0 Å². The van der Waals surface area contributed by atoms with E-state index in [-0.39, 0.29) is 5.91 Å². The van der Waals surface area contributed by atoms with Crippen molar-refractivity contribution < 1.29 is 9.53 Å². The van der Waals surface area contributed by atoms with Gasteiger partial charge in [0.05, 0.1) is 12.6 Å². The van der Waals surface area contributed by atoms with E-state index in [2.05, 4.69) is 46.3 Å². The number of rotatable bonds is 6. The standard InChI is InChI=1S/C20H31N3O2/c1-17-5-4-6-18(15-17)23-12-10-22(11-13-23)16-20(24)21-9-8-19-7-2-3-14-25-19/h4-6,15,19H,2-3,7-14,16H2,1H3,(H,21,24)/t19-/m1/s1. The van der Waals surface area contributed by atoms with Crippen molar-refractivity contribution >= 4 is 11.6 Å². The lowest BCUT2D eigenvalue weighted by molar-refractivity contribution is -0.122. The van der Waals surface area contributed by atoms with E-state index in [9.17, 15) is 4.79 Å². The first-order chi connectivity index (χ1) is 12.2. The van der Waals surface area contributed by atoms with Gasteiger partial charge in [-0.3, -0.25) is 9.69 Å². The van der Waals surface area contributed by atoms with E-state index >= 15 is 0 Å². The third kappa shape index (κ3) is 5.72. The summed E-state index contributed by atoms with van der Waals surface area (Å²) >= 11 is 0. The lowest BCUT2D eigenvalue weighted by Gasteiger charge is -2.35. The zero-order valence-electron chi connectivity index (χ0n) is 15.4. The van der Waals surface area contributed by atoms with Gasteiger partial charge in [0.15, 0.2) is 0 Å². The zero-order valence-corrected chi connectivity index (χ0v) is 15.4. The van der Waals surface area contributed by atoms with E-state index < -0.39 is 0 Å². The number of nitrogens with one attached hydrogen (secondary N) is 1. The Balaban J connectivity index is 1.33. The second-order valence-electron chi connectivity index (χ2n) is 7.23. The molecular formula is C20H31N3O2. The second-order valence-corrected chi connectivity index (χ2v) is 7.23. The third-order valence-corrected chi connectivity index (χ3v) is 5.17. The number of nitrogens with zero attached hydrogens (tertiary/aromatic N) is 2. The Morgan fingerprint density at radius 1 is 1.24 bits per heavy atom. The SMILES string of the molecule is Cc1cccc(N2CCN(CC(=O)NCC[C@H]3CCCCO3)CC2)c1. The van der Waals surface area contributed by atoms with Crippen LogP contribution in [0.25, 0.3) is 0 Å². The molecule has 0 saturated carbocycles. The first kappa shape index (κ1) is 18.2. The predicted octanol–water partition coefficient (Wildman–Crippen LogP) is 2.19. The minimum Gasteiger partial charge on any atom is -0.378 e. The van der Waals surface area contributed by atoms with Crippen molar-refractivity contribution in [3.05, 3.63) is 29.8 Å². The molecule has 0 aliphatic carbocycles. The van der Waals surface area contributed by atoms with E-state index in [4.69, 9.17) is 4.74 Å². The summed E-state index contributed by atoms with van der Waals surface area (Å²) in [6, 6.07) is 8.64. The highest BCUT2D eigenvalue weighted by Gasteiger charge is 2.19. The van der Waals surface area contributed by atoms with Gasteiger partial charge in [-0.25, -0.2) is 0 Å². The molecule has 5 nitrogen and oxygen atoms in total. The Bertz CT molecular complexity index is 550. The van der Waals surface area contributed by atoms with Crippen LogP contribution < -0.4 is 10.2 Å². The molecule has 2 aliphatic rings. The van der Waals surface area contributed by atoms with Crippen LogP contribution in [-0.4, -0.2) is 62.8 Å². The number of piperazine rings is 1. The number of carbonyl (C=O) groups is 1. The van der Waals surface area contributed by atoms with E-state index in [0.717, 1.165) is 52.2 Å². The van der Waals surface area contributed by atoms with Gasteiger partial charge in [-0.05, 0) is 50.3 Å². The molecule has 0 bridgehead atoms. The van der Waals surface area contributed by atoms with E-state index in [1.54, 1.807) is 0 Å². The maximum absolute atomic E-state index is 12.1. The minimum atomic E-state index is 0.139. The van der Waals surface area contributed by atoms with Crippen LogP contribution in [0.3, 0.4) is 0 Å². The number of benzene rings is 1. The van der Waals surface area contributed by atoms with Crippen LogP contribution in [0, 0.1) is 6.92 Å². The topological polar surface area (TPSA) is 44.8 Å². The summed E-state index contributed by atoms with van der Waals surface area (Å²) in [5.74, 6) is 0.139. The number of anilines is 1. The van der Waals surface area contributed by atoms with Gasteiger partial charge in [0, 0.05) is 45.0 Å². The first-order valence-electron chi connectivity index (χ1n) is 9.63. The fraction of sp³-hybridized carbons (Fsp3) is 0.650. The molecule has 138 valence electrons. The average molecular weight is 345 g/mol. The second kappa shape index (κ2) is 9.20. The number of aryl methyl sites for hydroxylation is 1. The van der Waals surface area contributed by atoms with Crippen LogP contribution in [0.5, 0.6) is 0 Å². The molecule has 0 spiro atoms. The fourth-order valence-corrected chi connectivity index (χ4v) is 3.66. The lowest BCUT2D eigenvalue weighted by Crippen LogP contribution is -2.49. The van der Waals surface area contributed by atoms with Gasteiger partial charge in [-0.15, -0.1) is 0 Å². The summed E-state index contributed by atoms with van der Waals surface area (Å²) < 4.78 is 5.70. The summed E-state index contributed by atoms with van der Waals surface area (Å²) in [5.41, 5.74) is 2.58.